The molecule has 2 rings (SSSR count). The number of nitrogens with zero attached hydrogens (tertiary/aromatic N) is 4. The predicted molar refractivity (Wildman–Crippen MR) is 138 cm³/mol. The van der Waals surface area contributed by atoms with Crippen LogP contribution < -0.4 is 10.6 Å². The molecule has 0 saturated carbocycles. The van der Waals surface area contributed by atoms with Gasteiger partial charge in [0.05, 0.1) is 11.1 Å². The van der Waals surface area contributed by atoms with Crippen LogP contribution >= 0.6 is 15.9 Å². The Morgan fingerprint density at radius 1 is 1.21 bits per heavy atom. The van der Waals surface area contributed by atoms with Crippen LogP contribution in [0, 0.1) is 0 Å². The first-order valence-electron chi connectivity index (χ1n) is 11.9. The Bertz CT molecular complexity index is 886. The quantitative estimate of drug-likeness (QED) is 0.259. The molecule has 2 heterocycles. The third-order valence-corrected chi connectivity index (χ3v) is 6.16. The lowest BCUT2D eigenvalue weighted by Gasteiger charge is -2.24. The number of hydrogen-bond donors (Lipinski definition) is 3. The van der Waals surface area contributed by atoms with Crippen LogP contribution in [0.25, 0.3) is 0 Å². The van der Waals surface area contributed by atoms with Gasteiger partial charge in [-0.25, -0.2) is 19.7 Å². The Morgan fingerprint density at radius 3 is 2.71 bits per heavy atom. The van der Waals surface area contributed by atoms with Crippen molar-refractivity contribution in [1.82, 2.24) is 19.9 Å². The number of carboxylic acids is 1. The van der Waals surface area contributed by atoms with Crippen LogP contribution in [0.3, 0.4) is 0 Å². The summed E-state index contributed by atoms with van der Waals surface area (Å²) in [7, 11) is 1.91. The molecule has 1 atom stereocenters. The van der Waals surface area contributed by atoms with Crippen molar-refractivity contribution < 1.29 is 14.6 Å². The molecule has 34 heavy (non-hydrogen) atoms. The highest BCUT2D eigenvalue weighted by Crippen LogP contribution is 2.19. The second kappa shape index (κ2) is 15.6. The number of aryl methyl sites for hydroxylation is 2. The average Bonchev–Trinajstić information content (AvgIpc) is 2.84. The number of carbonyl (C=O) groups is 1. The highest BCUT2D eigenvalue weighted by Gasteiger charge is 2.20. The lowest BCUT2D eigenvalue weighted by atomic mass is 10.1. The third kappa shape index (κ3) is 9.52. The van der Waals surface area contributed by atoms with Crippen LogP contribution in [0.1, 0.15) is 44.4 Å². The molecule has 0 amide bonds. The number of aromatic nitrogens is 3. The minimum absolute atomic E-state index is 0.448. The smallest absolute Gasteiger partial charge is 0.326 e. The Balaban J connectivity index is 1.88. The van der Waals surface area contributed by atoms with E-state index in [4.69, 9.17) is 9.72 Å². The van der Waals surface area contributed by atoms with Crippen LogP contribution in [0.4, 0.5) is 11.6 Å². The van der Waals surface area contributed by atoms with Gasteiger partial charge in [0.15, 0.2) is 0 Å². The number of carboxylic acid groups (broad SMARTS) is 1. The lowest BCUT2D eigenvalue weighted by Crippen LogP contribution is -2.37. The van der Waals surface area contributed by atoms with Crippen LogP contribution in [-0.4, -0.2) is 76.9 Å². The highest BCUT2D eigenvalue weighted by atomic mass is 79.9. The SMILES string of the molecule is CCOCCN(CCCCc1ccc(CC)c(NC)n1)CCC(Nc1ncncc1Br)C(=O)O. The Hall–Kier alpha value is -2.30. The number of aliphatic carboxylic acids is 1. The highest BCUT2D eigenvalue weighted by molar-refractivity contribution is 9.10. The van der Waals surface area contributed by atoms with Crippen molar-refractivity contribution in [3.8, 4) is 0 Å². The largest absolute Gasteiger partial charge is 0.480 e. The van der Waals surface area contributed by atoms with Gasteiger partial charge in [-0.05, 0) is 73.1 Å². The van der Waals surface area contributed by atoms with E-state index in [-0.39, 0.29) is 0 Å². The number of halogens is 1. The number of ether oxygens (including phenoxy) is 1. The molecule has 0 spiro atoms. The number of nitrogens with one attached hydrogen (secondary N) is 2. The molecule has 0 radical (unpaired) electrons. The molecule has 188 valence electrons. The summed E-state index contributed by atoms with van der Waals surface area (Å²) in [6.07, 6.45) is 7.32. The van der Waals surface area contributed by atoms with Crippen molar-refractivity contribution in [3.05, 3.63) is 40.4 Å². The zero-order valence-electron chi connectivity index (χ0n) is 20.4. The zero-order valence-corrected chi connectivity index (χ0v) is 22.0. The molecular formula is C24H37BrN6O3. The summed E-state index contributed by atoms with van der Waals surface area (Å²) < 4.78 is 6.17. The maximum Gasteiger partial charge on any atom is 0.326 e. The Kier molecular flexibility index (Phi) is 12.8. The predicted octanol–water partition coefficient (Wildman–Crippen LogP) is 3.85. The molecule has 2 aromatic heterocycles. The zero-order chi connectivity index (χ0) is 24.8. The lowest BCUT2D eigenvalue weighted by molar-refractivity contribution is -0.138. The topological polar surface area (TPSA) is 113 Å². The summed E-state index contributed by atoms with van der Waals surface area (Å²) in [6.45, 7) is 7.70. The molecule has 0 saturated heterocycles. The minimum atomic E-state index is -0.905. The fraction of sp³-hybridized carbons (Fsp3) is 0.583. The molecule has 10 heteroatoms. The van der Waals surface area contributed by atoms with Gasteiger partial charge in [-0.15, -0.1) is 0 Å². The van der Waals surface area contributed by atoms with E-state index in [0.717, 1.165) is 50.3 Å². The van der Waals surface area contributed by atoms with Crippen LogP contribution in [0.5, 0.6) is 0 Å². The molecule has 9 nitrogen and oxygen atoms in total. The number of rotatable bonds is 17. The van der Waals surface area contributed by atoms with E-state index in [0.29, 0.717) is 36.5 Å². The van der Waals surface area contributed by atoms with Crippen LogP contribution in [0.2, 0.25) is 0 Å². The van der Waals surface area contributed by atoms with E-state index in [2.05, 4.69) is 60.5 Å². The van der Waals surface area contributed by atoms with Crippen molar-refractivity contribution >= 4 is 33.5 Å². The number of hydrogen-bond acceptors (Lipinski definition) is 8. The first-order chi connectivity index (χ1) is 16.5. The van der Waals surface area contributed by atoms with Gasteiger partial charge >= 0.3 is 5.97 Å². The molecule has 0 bridgehead atoms. The molecule has 1 unspecified atom stereocenters. The van der Waals surface area contributed by atoms with Gasteiger partial charge in [0.2, 0.25) is 0 Å². The standard InChI is InChI=1S/C24H37BrN6O3/c1-4-18-9-10-19(29-22(18)26-3)8-6-7-12-31(14-15-34-5-2)13-11-21(24(32)33)30-23-20(25)16-27-17-28-23/h9-10,16-17,21H,4-8,11-15H2,1-3H3,(H,26,29)(H,32,33)(H,27,28,30). The number of unbranched alkanes of at least 4 members (excludes halogenated alkanes) is 1. The molecule has 2 aromatic rings. The second-order valence-corrected chi connectivity index (χ2v) is 8.81. The summed E-state index contributed by atoms with van der Waals surface area (Å²) in [4.78, 5) is 26.9. The summed E-state index contributed by atoms with van der Waals surface area (Å²) in [5, 5.41) is 15.9. The fourth-order valence-corrected chi connectivity index (χ4v) is 3.97. The maximum atomic E-state index is 11.8. The third-order valence-electron chi connectivity index (χ3n) is 5.58. The fourth-order valence-electron chi connectivity index (χ4n) is 3.64. The second-order valence-electron chi connectivity index (χ2n) is 7.95. The molecule has 3 N–H and O–H groups in total. The van der Waals surface area contributed by atoms with Crippen LogP contribution in [0.15, 0.2) is 29.1 Å². The summed E-state index contributed by atoms with van der Waals surface area (Å²) in [5.41, 5.74) is 2.32. The summed E-state index contributed by atoms with van der Waals surface area (Å²) in [6, 6.07) is 3.51. The Morgan fingerprint density at radius 2 is 2.03 bits per heavy atom. The van der Waals surface area contributed by atoms with Crippen molar-refractivity contribution in [2.75, 3.05) is 50.5 Å². The first kappa shape index (κ1) is 27.9. The van der Waals surface area contributed by atoms with Crippen molar-refractivity contribution in [2.45, 2.75) is 52.0 Å². The van der Waals surface area contributed by atoms with Gasteiger partial charge in [0.1, 0.15) is 24.0 Å². The molecule has 0 aromatic carbocycles. The molecule has 0 aliphatic carbocycles. The molecule has 0 aliphatic rings. The minimum Gasteiger partial charge on any atom is -0.480 e. The number of pyridine rings is 1. The van der Waals surface area contributed by atoms with Gasteiger partial charge in [-0.1, -0.05) is 13.0 Å². The van der Waals surface area contributed by atoms with E-state index in [1.165, 1.54) is 11.9 Å². The Labute approximate surface area is 210 Å². The van der Waals surface area contributed by atoms with Gasteiger partial charge in [-0.3, -0.25) is 0 Å². The van der Waals surface area contributed by atoms with Crippen molar-refractivity contribution in [3.63, 3.8) is 0 Å². The molecule has 0 fully saturated rings. The summed E-state index contributed by atoms with van der Waals surface area (Å²) in [5.74, 6) is 0.531. The summed E-state index contributed by atoms with van der Waals surface area (Å²) >= 11 is 3.36. The van der Waals surface area contributed by atoms with Crippen molar-refractivity contribution in [1.29, 1.82) is 0 Å². The molecular weight excluding hydrogens is 500 g/mol. The van der Waals surface area contributed by atoms with E-state index < -0.39 is 12.0 Å². The maximum absolute atomic E-state index is 11.8. The van der Waals surface area contributed by atoms with Gasteiger partial charge in [0, 0.05) is 38.6 Å². The van der Waals surface area contributed by atoms with E-state index in [9.17, 15) is 9.90 Å². The van der Waals surface area contributed by atoms with Gasteiger partial charge in [-0.2, -0.15) is 0 Å². The number of anilines is 2. The van der Waals surface area contributed by atoms with E-state index in [1.807, 2.05) is 14.0 Å². The monoisotopic (exact) mass is 536 g/mol. The first-order valence-corrected chi connectivity index (χ1v) is 12.7. The van der Waals surface area contributed by atoms with Gasteiger partial charge < -0.3 is 25.4 Å². The molecule has 0 aliphatic heterocycles. The van der Waals surface area contributed by atoms with Crippen molar-refractivity contribution in [2.24, 2.45) is 0 Å². The normalized spacial score (nSPS) is 12.0. The average molecular weight is 538 g/mol. The van der Waals surface area contributed by atoms with E-state index >= 15 is 0 Å². The van der Waals surface area contributed by atoms with Crippen LogP contribution in [-0.2, 0) is 22.4 Å². The van der Waals surface area contributed by atoms with E-state index in [1.54, 1.807) is 6.20 Å². The van der Waals surface area contributed by atoms with Gasteiger partial charge in [0.25, 0.3) is 0 Å².